The summed E-state index contributed by atoms with van der Waals surface area (Å²) in [7, 11) is 7.22. The first-order chi connectivity index (χ1) is 15.2. The normalized spacial score (nSPS) is 23.4. The number of hydrogen-bond acceptors (Lipinski definition) is 6. The summed E-state index contributed by atoms with van der Waals surface area (Å²) < 4.78 is 19.0. The van der Waals surface area contributed by atoms with E-state index in [1.165, 1.54) is 24.2 Å². The Morgan fingerprint density at radius 1 is 0.935 bits per heavy atom. The third-order valence-electron chi connectivity index (χ3n) is 6.87. The molecule has 9 nitrogen and oxygen atoms in total. The molecule has 1 aliphatic carbocycles. The molecule has 0 unspecified atom stereocenters. The summed E-state index contributed by atoms with van der Waals surface area (Å²) in [5.74, 6) is 2.88. The van der Waals surface area contributed by atoms with Gasteiger partial charge in [0, 0.05) is 5.56 Å². The van der Waals surface area contributed by atoms with Crippen molar-refractivity contribution >= 4 is 0 Å². The van der Waals surface area contributed by atoms with Crippen LogP contribution in [0.25, 0.3) is 0 Å². The minimum atomic E-state index is 0.0127. The topological polar surface area (TPSA) is 80.2 Å². The Labute approximate surface area is 184 Å². The largest absolute Gasteiger partial charge is 0.493 e. The molecule has 1 saturated carbocycles. The minimum Gasteiger partial charge on any atom is -0.493 e. The van der Waals surface area contributed by atoms with Crippen LogP contribution in [0.1, 0.15) is 55.6 Å². The van der Waals surface area contributed by atoms with Crippen LogP contribution < -0.4 is 24.0 Å². The van der Waals surface area contributed by atoms with Crippen molar-refractivity contribution < 1.29 is 24.0 Å². The number of methoxy groups -OCH3 is 3. The molecule has 0 spiro atoms. The molecule has 1 aromatic heterocycles. The summed E-state index contributed by atoms with van der Waals surface area (Å²) in [6, 6.07) is 4.51. The highest BCUT2D eigenvalue weighted by atomic mass is 16.5. The molecule has 9 heteroatoms. The Morgan fingerprint density at radius 2 is 1.58 bits per heavy atom. The molecular weight excluding hydrogens is 396 g/mol. The molecule has 2 heterocycles. The number of piperazine rings is 1. The molecule has 0 radical (unpaired) electrons. The number of likely N-dealkylation sites (N-methyl/N-ethyl adjacent to an activating group) is 1. The van der Waals surface area contributed by atoms with Crippen LogP contribution in [-0.4, -0.2) is 74.8 Å². The van der Waals surface area contributed by atoms with Crippen molar-refractivity contribution in [3.8, 4) is 17.2 Å². The zero-order valence-electron chi connectivity index (χ0n) is 19.2. The van der Waals surface area contributed by atoms with Crippen LogP contribution in [0, 0.1) is 0 Å². The van der Waals surface area contributed by atoms with Gasteiger partial charge in [0.05, 0.1) is 34.4 Å². The van der Waals surface area contributed by atoms with Crippen molar-refractivity contribution in [2.24, 2.45) is 0 Å². The maximum absolute atomic E-state index is 5.66. The van der Waals surface area contributed by atoms with Gasteiger partial charge >= 0.3 is 0 Å². The monoisotopic (exact) mass is 432 g/mol. The minimum absolute atomic E-state index is 0.0127. The standard InChI is InChI=1S/C22H34N6O3/c1-26-10-12-27(13-11-26)20(16-14-18(29-2)21(31-4)19(15-16)30-3)22-23-24-25-28(22)17-8-6-5-7-9-17/h14-15,17,20H,5-13H2,1-4H3/p+2/t20-/m0/s1. The first-order valence-electron chi connectivity index (χ1n) is 11.4. The number of quaternary nitrogens is 2. The zero-order valence-corrected chi connectivity index (χ0v) is 19.2. The van der Waals surface area contributed by atoms with Crippen LogP contribution in [0.4, 0.5) is 0 Å². The van der Waals surface area contributed by atoms with Gasteiger partial charge in [-0.2, -0.15) is 0 Å². The zero-order chi connectivity index (χ0) is 21.8. The highest BCUT2D eigenvalue weighted by Crippen LogP contribution is 2.40. The SMILES string of the molecule is COc1cc([C@@H](c2nnnn2C2CCCCC2)[NH+]2CC[NH+](C)CC2)cc(OC)c1OC. The van der Waals surface area contributed by atoms with E-state index in [0.717, 1.165) is 50.4 Å². The summed E-state index contributed by atoms with van der Waals surface area (Å²) in [5.41, 5.74) is 1.09. The third-order valence-corrected chi connectivity index (χ3v) is 6.87. The molecule has 1 atom stereocenters. The van der Waals surface area contributed by atoms with Gasteiger partial charge in [0.25, 0.3) is 0 Å². The quantitative estimate of drug-likeness (QED) is 0.626. The highest BCUT2D eigenvalue weighted by molar-refractivity contribution is 5.54. The van der Waals surface area contributed by atoms with Gasteiger partial charge in [-0.25, -0.2) is 4.68 Å². The molecule has 2 aliphatic rings. The molecule has 4 rings (SSSR count). The number of nitrogens with one attached hydrogen (secondary N) is 2. The van der Waals surface area contributed by atoms with E-state index in [-0.39, 0.29) is 6.04 Å². The first-order valence-corrected chi connectivity index (χ1v) is 11.4. The predicted molar refractivity (Wildman–Crippen MR) is 115 cm³/mol. The average molecular weight is 433 g/mol. The number of benzene rings is 1. The number of rotatable bonds is 7. The Hall–Kier alpha value is -2.39. The molecule has 2 N–H and O–H groups in total. The second-order valence-electron chi connectivity index (χ2n) is 8.78. The van der Waals surface area contributed by atoms with E-state index in [1.807, 2.05) is 0 Å². The number of nitrogens with zero attached hydrogens (tertiary/aromatic N) is 4. The maximum atomic E-state index is 5.66. The van der Waals surface area contributed by atoms with E-state index in [9.17, 15) is 0 Å². The van der Waals surface area contributed by atoms with E-state index in [2.05, 4.69) is 39.4 Å². The number of hydrogen-bond donors (Lipinski definition) is 2. The van der Waals surface area contributed by atoms with E-state index in [1.54, 1.807) is 26.2 Å². The van der Waals surface area contributed by atoms with Crippen molar-refractivity contribution in [3.05, 3.63) is 23.5 Å². The van der Waals surface area contributed by atoms with E-state index < -0.39 is 0 Å². The van der Waals surface area contributed by atoms with Crippen molar-refractivity contribution in [1.82, 2.24) is 20.2 Å². The fraction of sp³-hybridized carbons (Fsp3) is 0.682. The smallest absolute Gasteiger partial charge is 0.214 e. The summed E-state index contributed by atoms with van der Waals surface area (Å²) in [6.45, 7) is 4.37. The summed E-state index contributed by atoms with van der Waals surface area (Å²) >= 11 is 0. The third kappa shape index (κ3) is 4.48. The molecule has 0 amide bonds. The van der Waals surface area contributed by atoms with E-state index in [0.29, 0.717) is 23.3 Å². The highest BCUT2D eigenvalue weighted by Gasteiger charge is 2.37. The van der Waals surface area contributed by atoms with Gasteiger partial charge in [0.2, 0.25) is 11.6 Å². The Morgan fingerprint density at radius 3 is 2.16 bits per heavy atom. The van der Waals surface area contributed by atoms with Crippen LogP contribution in [-0.2, 0) is 0 Å². The van der Waals surface area contributed by atoms with Gasteiger partial charge in [-0.1, -0.05) is 19.3 Å². The molecule has 1 aromatic carbocycles. The van der Waals surface area contributed by atoms with Gasteiger partial charge < -0.3 is 24.0 Å². The Bertz CT molecular complexity index is 834. The fourth-order valence-corrected chi connectivity index (χ4v) is 5.10. The molecule has 2 fully saturated rings. The lowest BCUT2D eigenvalue weighted by atomic mass is 9.95. The second kappa shape index (κ2) is 9.82. The van der Waals surface area contributed by atoms with Crippen molar-refractivity contribution in [3.63, 3.8) is 0 Å². The number of ether oxygens (including phenoxy) is 3. The number of tetrazole rings is 1. The van der Waals surface area contributed by atoms with Crippen LogP contribution in [0.3, 0.4) is 0 Å². The molecular formula is C22H36N6O3+2. The lowest BCUT2D eigenvalue weighted by molar-refractivity contribution is -1.02. The van der Waals surface area contributed by atoms with Gasteiger partial charge in [-0.05, 0) is 35.4 Å². The van der Waals surface area contributed by atoms with Crippen LogP contribution in [0.15, 0.2) is 12.1 Å². The number of aromatic nitrogens is 4. The van der Waals surface area contributed by atoms with Gasteiger partial charge in [0.15, 0.2) is 17.5 Å². The predicted octanol–water partition coefficient (Wildman–Crippen LogP) is -0.293. The summed E-state index contributed by atoms with van der Waals surface area (Å²) in [5, 5.41) is 13.2. The van der Waals surface area contributed by atoms with Gasteiger partial charge in [-0.3, -0.25) is 0 Å². The second-order valence-corrected chi connectivity index (χ2v) is 8.78. The summed E-state index contributed by atoms with van der Waals surface area (Å²) in [4.78, 5) is 3.05. The molecule has 2 aromatic rings. The van der Waals surface area contributed by atoms with Crippen molar-refractivity contribution in [2.45, 2.75) is 44.2 Å². The van der Waals surface area contributed by atoms with Crippen molar-refractivity contribution in [2.75, 3.05) is 54.6 Å². The van der Waals surface area contributed by atoms with Crippen molar-refractivity contribution in [1.29, 1.82) is 0 Å². The molecule has 1 aliphatic heterocycles. The van der Waals surface area contributed by atoms with Crippen LogP contribution >= 0.6 is 0 Å². The van der Waals surface area contributed by atoms with E-state index in [4.69, 9.17) is 14.2 Å². The lowest BCUT2D eigenvalue weighted by Gasteiger charge is -2.34. The Kier molecular flexibility index (Phi) is 6.92. The van der Waals surface area contributed by atoms with Gasteiger partial charge in [0.1, 0.15) is 26.2 Å². The maximum Gasteiger partial charge on any atom is 0.214 e. The molecule has 170 valence electrons. The molecule has 1 saturated heterocycles. The lowest BCUT2D eigenvalue weighted by Crippen LogP contribution is -3.27. The molecule has 31 heavy (non-hydrogen) atoms. The average Bonchev–Trinajstić information content (AvgIpc) is 3.29. The van der Waals surface area contributed by atoms with Gasteiger partial charge in [-0.15, -0.1) is 5.10 Å². The first kappa shape index (κ1) is 21.8. The fourth-order valence-electron chi connectivity index (χ4n) is 5.10. The Balaban J connectivity index is 1.79. The summed E-state index contributed by atoms with van der Waals surface area (Å²) in [6.07, 6.45) is 6.06. The van der Waals surface area contributed by atoms with Crippen LogP contribution in [0.2, 0.25) is 0 Å². The molecule has 0 bridgehead atoms. The van der Waals surface area contributed by atoms with E-state index >= 15 is 0 Å². The van der Waals surface area contributed by atoms with Crippen LogP contribution in [0.5, 0.6) is 17.2 Å².